The highest BCUT2D eigenvalue weighted by molar-refractivity contribution is 6.34. The van der Waals surface area contributed by atoms with E-state index in [2.05, 4.69) is 5.32 Å². The van der Waals surface area contributed by atoms with E-state index in [0.29, 0.717) is 28.1 Å². The number of aryl methyl sites for hydroxylation is 1. The van der Waals surface area contributed by atoms with E-state index in [1.54, 1.807) is 13.0 Å². The monoisotopic (exact) mass is 282 g/mol. The molecule has 0 aliphatic carbocycles. The summed E-state index contributed by atoms with van der Waals surface area (Å²) in [5, 5.41) is 2.87. The van der Waals surface area contributed by atoms with Crippen molar-refractivity contribution in [3.8, 4) is 0 Å². The van der Waals surface area contributed by atoms with E-state index in [4.69, 9.17) is 11.6 Å². The molecule has 0 fully saturated rings. The van der Waals surface area contributed by atoms with Crippen molar-refractivity contribution in [2.24, 2.45) is 0 Å². The second-order valence-electron chi connectivity index (χ2n) is 3.95. The molecule has 5 nitrogen and oxygen atoms in total. The zero-order valence-electron chi connectivity index (χ0n) is 10.8. The molecule has 102 valence electrons. The van der Waals surface area contributed by atoms with E-state index >= 15 is 0 Å². The van der Waals surface area contributed by atoms with Crippen LogP contribution >= 0.6 is 11.6 Å². The summed E-state index contributed by atoms with van der Waals surface area (Å²) in [6.45, 7) is 1.95. The van der Waals surface area contributed by atoms with Crippen LogP contribution in [0.3, 0.4) is 0 Å². The summed E-state index contributed by atoms with van der Waals surface area (Å²) in [4.78, 5) is 34.5. The van der Waals surface area contributed by atoms with E-state index < -0.39 is 0 Å². The maximum Gasteiger partial charge on any atom is 0.321 e. The molecule has 0 radical (unpaired) electrons. The third-order valence-corrected chi connectivity index (χ3v) is 3.11. The van der Waals surface area contributed by atoms with Crippen LogP contribution in [0.1, 0.15) is 22.3 Å². The number of benzene rings is 1. The number of halogens is 1. The normalized spacial score (nSPS) is 9.84. The van der Waals surface area contributed by atoms with Gasteiger partial charge in [-0.1, -0.05) is 11.6 Å². The van der Waals surface area contributed by atoms with Crippen molar-refractivity contribution in [1.82, 2.24) is 5.32 Å². The van der Waals surface area contributed by atoms with Gasteiger partial charge in [-0.15, -0.1) is 0 Å². The number of hydrogen-bond donors (Lipinski definition) is 1. The number of anilines is 1. The molecule has 6 heteroatoms. The van der Waals surface area contributed by atoms with Crippen molar-refractivity contribution in [2.45, 2.75) is 13.3 Å². The number of nitrogens with zero attached hydrogens (tertiary/aromatic N) is 1. The summed E-state index contributed by atoms with van der Waals surface area (Å²) in [7, 11) is 1.49. The SMILES string of the molecule is CNC(=O)N(CCC=O)c1cc(C=O)cc(C)c1Cl. The molecule has 1 aromatic carbocycles. The van der Waals surface area contributed by atoms with E-state index in [1.807, 2.05) is 0 Å². The minimum atomic E-state index is -0.383. The summed E-state index contributed by atoms with van der Waals surface area (Å²) >= 11 is 6.17. The van der Waals surface area contributed by atoms with Gasteiger partial charge in [-0.05, 0) is 24.6 Å². The Balaban J connectivity index is 3.27. The molecule has 0 saturated carbocycles. The van der Waals surface area contributed by atoms with Gasteiger partial charge in [-0.3, -0.25) is 9.69 Å². The highest BCUT2D eigenvalue weighted by Gasteiger charge is 2.18. The summed E-state index contributed by atoms with van der Waals surface area (Å²) in [5.41, 5.74) is 1.54. The number of rotatable bonds is 5. The molecule has 0 atom stereocenters. The van der Waals surface area contributed by atoms with Crippen molar-refractivity contribution < 1.29 is 14.4 Å². The van der Waals surface area contributed by atoms with Crippen molar-refractivity contribution in [2.75, 3.05) is 18.5 Å². The Morgan fingerprint density at radius 1 is 1.42 bits per heavy atom. The van der Waals surface area contributed by atoms with Crippen LogP contribution in [-0.2, 0) is 4.79 Å². The Labute approximate surface area is 116 Å². The van der Waals surface area contributed by atoms with Gasteiger partial charge in [0.05, 0.1) is 10.7 Å². The highest BCUT2D eigenvalue weighted by Crippen LogP contribution is 2.30. The topological polar surface area (TPSA) is 66.5 Å². The third kappa shape index (κ3) is 3.54. The van der Waals surface area contributed by atoms with Crippen molar-refractivity contribution in [3.05, 3.63) is 28.3 Å². The molecule has 0 aromatic heterocycles. The smallest absolute Gasteiger partial charge is 0.321 e. The summed E-state index contributed by atoms with van der Waals surface area (Å²) in [6, 6.07) is 2.79. The zero-order chi connectivity index (χ0) is 14.4. The van der Waals surface area contributed by atoms with Crippen LogP contribution in [0.5, 0.6) is 0 Å². The molecule has 19 heavy (non-hydrogen) atoms. The standard InChI is InChI=1S/C13H15ClN2O3/c1-9-6-10(8-18)7-11(12(9)14)16(4-3-5-17)13(19)15-2/h5-8H,3-4H2,1-2H3,(H,15,19). The average Bonchev–Trinajstić information content (AvgIpc) is 2.42. The zero-order valence-corrected chi connectivity index (χ0v) is 11.5. The molecular weight excluding hydrogens is 268 g/mol. The third-order valence-electron chi connectivity index (χ3n) is 2.61. The lowest BCUT2D eigenvalue weighted by atomic mass is 10.1. The van der Waals surface area contributed by atoms with E-state index in [9.17, 15) is 14.4 Å². The molecule has 0 heterocycles. The molecule has 2 amide bonds. The first-order valence-electron chi connectivity index (χ1n) is 5.73. The van der Waals surface area contributed by atoms with Gasteiger partial charge < -0.3 is 10.1 Å². The molecule has 1 N–H and O–H groups in total. The Kier molecular flexibility index (Phi) is 5.51. The Hall–Kier alpha value is -1.88. The molecule has 0 aliphatic rings. The number of carbonyl (C=O) groups is 3. The minimum absolute atomic E-state index is 0.189. The minimum Gasteiger partial charge on any atom is -0.341 e. The first-order chi connectivity index (χ1) is 9.04. The maximum atomic E-state index is 11.8. The van der Waals surface area contributed by atoms with Gasteiger partial charge in [0.15, 0.2) is 0 Å². The maximum absolute atomic E-state index is 11.8. The van der Waals surface area contributed by atoms with Gasteiger partial charge in [-0.2, -0.15) is 0 Å². The van der Waals surface area contributed by atoms with Crippen molar-refractivity contribution >= 4 is 35.9 Å². The van der Waals surface area contributed by atoms with Crippen LogP contribution < -0.4 is 10.2 Å². The largest absolute Gasteiger partial charge is 0.341 e. The molecule has 1 aromatic rings. The summed E-state index contributed by atoms with van der Waals surface area (Å²) in [5.74, 6) is 0. The lowest BCUT2D eigenvalue weighted by Gasteiger charge is -2.23. The van der Waals surface area contributed by atoms with E-state index in [-0.39, 0.29) is 19.0 Å². The molecule has 1 rings (SSSR count). The quantitative estimate of drug-likeness (QED) is 0.842. The molecule has 0 bridgehead atoms. The Morgan fingerprint density at radius 2 is 2.11 bits per heavy atom. The fraction of sp³-hybridized carbons (Fsp3) is 0.308. The summed E-state index contributed by atoms with van der Waals surface area (Å²) < 4.78 is 0. The predicted molar refractivity (Wildman–Crippen MR) is 74.1 cm³/mol. The van der Waals surface area contributed by atoms with Gasteiger partial charge in [0, 0.05) is 25.6 Å². The van der Waals surface area contributed by atoms with E-state index in [0.717, 1.165) is 6.29 Å². The fourth-order valence-electron chi connectivity index (χ4n) is 1.69. The number of nitrogens with one attached hydrogen (secondary N) is 1. The van der Waals surface area contributed by atoms with Crippen LogP contribution in [0.2, 0.25) is 5.02 Å². The van der Waals surface area contributed by atoms with Crippen LogP contribution in [0.15, 0.2) is 12.1 Å². The first-order valence-corrected chi connectivity index (χ1v) is 6.11. The average molecular weight is 283 g/mol. The van der Waals surface area contributed by atoms with Crippen LogP contribution in [0, 0.1) is 6.92 Å². The molecule has 0 unspecified atom stereocenters. The van der Waals surface area contributed by atoms with Crippen LogP contribution in [0.25, 0.3) is 0 Å². The highest BCUT2D eigenvalue weighted by atomic mass is 35.5. The number of amides is 2. The molecular formula is C13H15ClN2O3. The van der Waals surface area contributed by atoms with Gasteiger partial charge in [0.2, 0.25) is 0 Å². The Bertz CT molecular complexity index is 503. The molecule has 0 saturated heterocycles. The fourth-order valence-corrected chi connectivity index (χ4v) is 1.90. The first kappa shape index (κ1) is 15.2. The second kappa shape index (κ2) is 6.89. The Morgan fingerprint density at radius 3 is 2.63 bits per heavy atom. The van der Waals surface area contributed by atoms with Crippen LogP contribution in [-0.4, -0.2) is 32.2 Å². The molecule has 0 aliphatic heterocycles. The number of hydrogen-bond acceptors (Lipinski definition) is 3. The van der Waals surface area contributed by atoms with Crippen LogP contribution in [0.4, 0.5) is 10.5 Å². The predicted octanol–water partition coefficient (Wildman–Crippen LogP) is 2.20. The van der Waals surface area contributed by atoms with Gasteiger partial charge >= 0.3 is 6.03 Å². The number of urea groups is 1. The number of carbonyl (C=O) groups excluding carboxylic acids is 3. The number of aldehydes is 2. The lowest BCUT2D eigenvalue weighted by Crippen LogP contribution is -2.39. The molecule has 0 spiro atoms. The van der Waals surface area contributed by atoms with Gasteiger partial charge in [0.1, 0.15) is 12.6 Å². The van der Waals surface area contributed by atoms with Crippen molar-refractivity contribution in [3.63, 3.8) is 0 Å². The van der Waals surface area contributed by atoms with E-state index in [1.165, 1.54) is 18.0 Å². The van der Waals surface area contributed by atoms with Crippen molar-refractivity contribution in [1.29, 1.82) is 0 Å². The second-order valence-corrected chi connectivity index (χ2v) is 4.33. The summed E-state index contributed by atoms with van der Waals surface area (Å²) in [6.07, 6.45) is 1.60. The lowest BCUT2D eigenvalue weighted by molar-refractivity contribution is -0.107. The van der Waals surface area contributed by atoms with Gasteiger partial charge in [-0.25, -0.2) is 4.79 Å². The van der Waals surface area contributed by atoms with Gasteiger partial charge in [0.25, 0.3) is 0 Å².